The first-order valence-corrected chi connectivity index (χ1v) is 11.8. The molecule has 0 aromatic rings. The first kappa shape index (κ1) is 21.6. The Morgan fingerprint density at radius 3 is 2.45 bits per heavy atom. The normalized spacial score (nSPS) is 52.9. The quantitative estimate of drug-likeness (QED) is 0.571. The monoisotopic (exact) mass is 408 g/mol. The predicted octanol–water partition coefficient (Wildman–Crippen LogP) is 3.45. The van der Waals surface area contributed by atoms with Gasteiger partial charge in [0.2, 0.25) is 0 Å². The van der Waals surface area contributed by atoms with E-state index in [2.05, 4.69) is 20.8 Å². The Hall–Kier alpha value is -0.650. The maximum atomic E-state index is 11.5. The lowest BCUT2D eigenvalue weighted by Gasteiger charge is -2.63. The van der Waals surface area contributed by atoms with Crippen LogP contribution in [-0.4, -0.2) is 44.7 Å². The average molecular weight is 409 g/mol. The third kappa shape index (κ3) is 3.27. The summed E-state index contributed by atoms with van der Waals surface area (Å²) in [5, 5.41) is 42.0. The smallest absolute Gasteiger partial charge is 0.303 e. The standard InChI is InChI=1S/C24H40O5/c1-13(4-7-21(28)29)16-5-6-17-22-18(12-20(27)24(16,17)3)23(2)9-8-15(25)10-14(23)11-19(22)26/h13-20,22,25-27H,4-12H2,1-3H3,(H,28,29)/t13-,14-,15+,16+,17+,18+,19+,20-,22+,23-,24+/m0/s1. The van der Waals surface area contributed by atoms with Crippen molar-refractivity contribution < 1.29 is 25.2 Å². The zero-order valence-electron chi connectivity index (χ0n) is 18.3. The molecule has 0 unspecified atom stereocenters. The van der Waals surface area contributed by atoms with Crippen molar-refractivity contribution in [3.05, 3.63) is 0 Å². The van der Waals surface area contributed by atoms with Crippen LogP contribution >= 0.6 is 0 Å². The van der Waals surface area contributed by atoms with Crippen molar-refractivity contribution in [1.82, 2.24) is 0 Å². The third-order valence-electron chi connectivity index (χ3n) is 10.3. The lowest BCUT2D eigenvalue weighted by Crippen LogP contribution is -2.62. The lowest BCUT2D eigenvalue weighted by atomic mass is 9.43. The minimum Gasteiger partial charge on any atom is -0.481 e. The van der Waals surface area contributed by atoms with Gasteiger partial charge in [0, 0.05) is 6.42 Å². The van der Waals surface area contributed by atoms with E-state index in [0.717, 1.165) is 44.9 Å². The number of hydrogen-bond acceptors (Lipinski definition) is 4. The van der Waals surface area contributed by atoms with Gasteiger partial charge in [-0.3, -0.25) is 4.79 Å². The second-order valence-corrected chi connectivity index (χ2v) is 11.4. The van der Waals surface area contributed by atoms with E-state index in [1.165, 1.54) is 0 Å². The van der Waals surface area contributed by atoms with E-state index >= 15 is 0 Å². The van der Waals surface area contributed by atoms with Crippen LogP contribution in [-0.2, 0) is 4.79 Å². The van der Waals surface area contributed by atoms with E-state index in [0.29, 0.717) is 30.1 Å². The first-order chi connectivity index (χ1) is 13.6. The number of hydrogen-bond donors (Lipinski definition) is 4. The number of aliphatic carboxylic acids is 1. The van der Waals surface area contributed by atoms with Gasteiger partial charge in [0.15, 0.2) is 0 Å². The largest absolute Gasteiger partial charge is 0.481 e. The summed E-state index contributed by atoms with van der Waals surface area (Å²) in [6.07, 6.45) is 6.00. The zero-order valence-corrected chi connectivity index (χ0v) is 18.3. The molecule has 5 nitrogen and oxygen atoms in total. The number of aliphatic hydroxyl groups is 3. The third-order valence-corrected chi connectivity index (χ3v) is 10.3. The molecule has 4 aliphatic carbocycles. The molecule has 4 saturated carbocycles. The molecule has 11 atom stereocenters. The summed E-state index contributed by atoms with van der Waals surface area (Å²) in [6.45, 7) is 6.72. The van der Waals surface area contributed by atoms with Gasteiger partial charge in [0.1, 0.15) is 0 Å². The summed E-state index contributed by atoms with van der Waals surface area (Å²) in [4.78, 5) is 11.1. The van der Waals surface area contributed by atoms with E-state index in [9.17, 15) is 20.1 Å². The highest BCUT2D eigenvalue weighted by atomic mass is 16.4. The minimum atomic E-state index is -0.748. The van der Waals surface area contributed by atoms with Crippen LogP contribution < -0.4 is 0 Å². The SMILES string of the molecule is C[C@@H](CCC(=O)O)[C@H]1CC[C@@H]2[C@H]3[C@H](O)C[C@@H]4C[C@H](O)CC[C@]4(C)[C@@H]3C[C@H](O)[C@@]21C. The topological polar surface area (TPSA) is 98.0 Å². The molecule has 0 bridgehead atoms. The van der Waals surface area contributed by atoms with Gasteiger partial charge in [-0.1, -0.05) is 20.8 Å². The molecule has 166 valence electrons. The van der Waals surface area contributed by atoms with E-state index in [1.807, 2.05) is 0 Å². The van der Waals surface area contributed by atoms with Gasteiger partial charge < -0.3 is 20.4 Å². The molecule has 4 fully saturated rings. The van der Waals surface area contributed by atoms with Gasteiger partial charge >= 0.3 is 5.97 Å². The lowest BCUT2D eigenvalue weighted by molar-refractivity contribution is -0.207. The highest BCUT2D eigenvalue weighted by molar-refractivity contribution is 5.66. The van der Waals surface area contributed by atoms with Gasteiger partial charge in [0.05, 0.1) is 18.3 Å². The van der Waals surface area contributed by atoms with E-state index < -0.39 is 12.1 Å². The van der Waals surface area contributed by atoms with Gasteiger partial charge in [-0.15, -0.1) is 0 Å². The van der Waals surface area contributed by atoms with Crippen molar-refractivity contribution >= 4 is 5.97 Å². The zero-order chi connectivity index (χ0) is 21.1. The van der Waals surface area contributed by atoms with Crippen LogP contribution in [0.1, 0.15) is 78.6 Å². The first-order valence-electron chi connectivity index (χ1n) is 11.8. The van der Waals surface area contributed by atoms with Crippen LogP contribution in [0, 0.1) is 46.3 Å². The van der Waals surface area contributed by atoms with Crippen molar-refractivity contribution in [3.63, 3.8) is 0 Å². The fraction of sp³-hybridized carbons (Fsp3) is 0.958. The Labute approximate surface area is 174 Å². The van der Waals surface area contributed by atoms with E-state index in [-0.39, 0.29) is 41.3 Å². The molecule has 4 N–H and O–H groups in total. The molecule has 0 aromatic carbocycles. The average Bonchev–Trinajstić information content (AvgIpc) is 3.01. The summed E-state index contributed by atoms with van der Waals surface area (Å²) in [7, 11) is 0. The minimum absolute atomic E-state index is 0.0957. The molecule has 0 amide bonds. The Morgan fingerprint density at radius 1 is 1.03 bits per heavy atom. The second-order valence-electron chi connectivity index (χ2n) is 11.4. The predicted molar refractivity (Wildman–Crippen MR) is 110 cm³/mol. The van der Waals surface area contributed by atoms with Gasteiger partial charge in [-0.2, -0.15) is 0 Å². The maximum absolute atomic E-state index is 11.5. The van der Waals surface area contributed by atoms with Crippen molar-refractivity contribution in [1.29, 1.82) is 0 Å². The number of aliphatic hydroxyl groups excluding tert-OH is 3. The Kier molecular flexibility index (Phi) is 5.57. The summed E-state index contributed by atoms with van der Waals surface area (Å²) in [5.74, 6) is 0.997. The second kappa shape index (κ2) is 7.49. The fourth-order valence-corrected chi connectivity index (χ4v) is 8.68. The van der Waals surface area contributed by atoms with Crippen LogP contribution in [0.5, 0.6) is 0 Å². The summed E-state index contributed by atoms with van der Waals surface area (Å²) < 4.78 is 0. The van der Waals surface area contributed by atoms with Crippen LogP contribution in [0.2, 0.25) is 0 Å². The molecule has 0 aliphatic heterocycles. The summed E-state index contributed by atoms with van der Waals surface area (Å²) in [5.41, 5.74) is -0.143. The van der Waals surface area contributed by atoms with Crippen LogP contribution in [0.25, 0.3) is 0 Å². The van der Waals surface area contributed by atoms with Crippen LogP contribution in [0.15, 0.2) is 0 Å². The van der Waals surface area contributed by atoms with Crippen molar-refractivity contribution in [2.75, 3.05) is 0 Å². The highest BCUT2D eigenvalue weighted by Crippen LogP contribution is 2.68. The van der Waals surface area contributed by atoms with Crippen molar-refractivity contribution in [2.45, 2.75) is 96.9 Å². The summed E-state index contributed by atoms with van der Waals surface area (Å²) >= 11 is 0. The number of rotatable bonds is 4. The Bertz CT molecular complexity index is 637. The molecule has 0 heterocycles. The Balaban J connectivity index is 1.61. The molecule has 0 aromatic heterocycles. The molecule has 29 heavy (non-hydrogen) atoms. The van der Waals surface area contributed by atoms with E-state index in [4.69, 9.17) is 5.11 Å². The molecule has 5 heteroatoms. The fourth-order valence-electron chi connectivity index (χ4n) is 8.68. The molecular formula is C24H40O5. The molecule has 4 rings (SSSR count). The number of carboxylic acids is 1. The van der Waals surface area contributed by atoms with E-state index in [1.54, 1.807) is 0 Å². The maximum Gasteiger partial charge on any atom is 0.303 e. The summed E-state index contributed by atoms with van der Waals surface area (Å²) in [6, 6.07) is 0. The van der Waals surface area contributed by atoms with Crippen LogP contribution in [0.3, 0.4) is 0 Å². The molecule has 0 saturated heterocycles. The number of carbonyl (C=O) groups is 1. The van der Waals surface area contributed by atoms with Crippen LogP contribution in [0.4, 0.5) is 0 Å². The van der Waals surface area contributed by atoms with Gasteiger partial charge in [0.25, 0.3) is 0 Å². The Morgan fingerprint density at radius 2 is 1.76 bits per heavy atom. The van der Waals surface area contributed by atoms with Gasteiger partial charge in [-0.25, -0.2) is 0 Å². The molecular weight excluding hydrogens is 368 g/mol. The highest BCUT2D eigenvalue weighted by Gasteiger charge is 2.65. The van der Waals surface area contributed by atoms with Crippen molar-refractivity contribution in [2.24, 2.45) is 46.3 Å². The van der Waals surface area contributed by atoms with Gasteiger partial charge in [-0.05, 0) is 97.7 Å². The molecule has 4 aliphatic rings. The molecule has 0 radical (unpaired) electrons. The van der Waals surface area contributed by atoms with Crippen molar-refractivity contribution in [3.8, 4) is 0 Å². The number of fused-ring (bicyclic) bond motifs is 5. The molecule has 0 spiro atoms. The number of carboxylic acid groups (broad SMARTS) is 1.